The lowest BCUT2D eigenvalue weighted by Gasteiger charge is -2.15. The monoisotopic (exact) mass is 319 g/mol. The maximum absolute atomic E-state index is 12.4. The lowest BCUT2D eigenvalue weighted by atomic mass is 10.2. The van der Waals surface area contributed by atoms with Crippen LogP contribution < -0.4 is 9.46 Å². The number of halogens is 1. The Hall–Kier alpha value is -0.820. The van der Waals surface area contributed by atoms with E-state index in [0.717, 1.165) is 12.8 Å². The van der Waals surface area contributed by atoms with Crippen molar-refractivity contribution in [3.63, 3.8) is 0 Å². The van der Waals surface area contributed by atoms with E-state index in [4.69, 9.17) is 21.1 Å². The van der Waals surface area contributed by atoms with Crippen LogP contribution in [0.2, 0.25) is 5.02 Å². The van der Waals surface area contributed by atoms with Gasteiger partial charge in [-0.25, -0.2) is 13.1 Å². The zero-order valence-electron chi connectivity index (χ0n) is 11.5. The molecule has 1 aliphatic rings. The largest absolute Gasteiger partial charge is 0.495 e. The van der Waals surface area contributed by atoms with Gasteiger partial charge in [0.2, 0.25) is 10.0 Å². The quantitative estimate of drug-likeness (QED) is 0.903. The first-order chi connectivity index (χ1) is 9.44. The summed E-state index contributed by atoms with van der Waals surface area (Å²) in [6, 6.07) is 3.06. The highest BCUT2D eigenvalue weighted by Gasteiger charge is 2.24. The van der Waals surface area contributed by atoms with Crippen molar-refractivity contribution in [3.05, 3.63) is 22.7 Å². The smallest absolute Gasteiger partial charge is 0.244 e. The Morgan fingerprint density at radius 1 is 1.50 bits per heavy atom. The summed E-state index contributed by atoms with van der Waals surface area (Å²) < 4.78 is 37.9. The first-order valence-corrected chi connectivity index (χ1v) is 8.25. The third-order valence-electron chi connectivity index (χ3n) is 3.22. The van der Waals surface area contributed by atoms with Gasteiger partial charge < -0.3 is 9.47 Å². The Morgan fingerprint density at radius 2 is 2.25 bits per heavy atom. The minimum absolute atomic E-state index is 0.0583. The van der Waals surface area contributed by atoms with Crippen molar-refractivity contribution in [1.82, 2.24) is 4.72 Å². The first kappa shape index (κ1) is 15.6. The van der Waals surface area contributed by atoms with Crippen LogP contribution in [0.5, 0.6) is 5.75 Å². The summed E-state index contributed by atoms with van der Waals surface area (Å²) in [5, 5.41) is 0.362. The molecule has 0 saturated carbocycles. The van der Waals surface area contributed by atoms with Crippen molar-refractivity contribution in [1.29, 1.82) is 0 Å². The van der Waals surface area contributed by atoms with Crippen LogP contribution in [0.1, 0.15) is 18.4 Å². The SMILES string of the molecule is COc1c(C)cc(Cl)cc1S(=O)(=O)NCC1CCCO1. The molecule has 1 heterocycles. The zero-order chi connectivity index (χ0) is 14.8. The van der Waals surface area contributed by atoms with Gasteiger partial charge in [-0.2, -0.15) is 0 Å². The van der Waals surface area contributed by atoms with Gasteiger partial charge in [0, 0.05) is 18.2 Å². The number of aryl methyl sites for hydroxylation is 1. The summed E-state index contributed by atoms with van der Waals surface area (Å²) in [6.07, 6.45) is 1.77. The Kier molecular flexibility index (Phi) is 4.90. The van der Waals surface area contributed by atoms with Gasteiger partial charge in [-0.15, -0.1) is 0 Å². The van der Waals surface area contributed by atoms with Gasteiger partial charge >= 0.3 is 0 Å². The first-order valence-electron chi connectivity index (χ1n) is 6.39. The Balaban J connectivity index is 2.24. The predicted molar refractivity (Wildman–Crippen MR) is 76.9 cm³/mol. The lowest BCUT2D eigenvalue weighted by molar-refractivity contribution is 0.114. The van der Waals surface area contributed by atoms with Gasteiger partial charge in [0.1, 0.15) is 10.6 Å². The van der Waals surface area contributed by atoms with Crippen molar-refractivity contribution in [2.75, 3.05) is 20.3 Å². The highest BCUT2D eigenvalue weighted by molar-refractivity contribution is 7.89. The fourth-order valence-corrected chi connectivity index (χ4v) is 3.91. The van der Waals surface area contributed by atoms with Crippen LogP contribution >= 0.6 is 11.6 Å². The summed E-state index contributed by atoms with van der Waals surface area (Å²) in [5.74, 6) is 0.314. The van der Waals surface area contributed by atoms with Crippen LogP contribution in [-0.2, 0) is 14.8 Å². The highest BCUT2D eigenvalue weighted by Crippen LogP contribution is 2.31. The second-order valence-corrected chi connectivity index (χ2v) is 6.91. The second kappa shape index (κ2) is 6.30. The molecule has 7 heteroatoms. The van der Waals surface area contributed by atoms with Crippen LogP contribution in [0.25, 0.3) is 0 Å². The molecule has 0 spiro atoms. The molecule has 5 nitrogen and oxygen atoms in total. The molecule has 1 aromatic rings. The summed E-state index contributed by atoms with van der Waals surface area (Å²) in [4.78, 5) is 0.0583. The van der Waals surface area contributed by atoms with Gasteiger partial charge in [0.05, 0.1) is 13.2 Å². The van der Waals surface area contributed by atoms with E-state index in [1.54, 1.807) is 13.0 Å². The number of ether oxygens (including phenoxy) is 2. The van der Waals surface area contributed by atoms with E-state index in [2.05, 4.69) is 4.72 Å². The molecular formula is C13H18ClNO4S. The van der Waals surface area contributed by atoms with E-state index >= 15 is 0 Å². The van der Waals surface area contributed by atoms with E-state index < -0.39 is 10.0 Å². The third kappa shape index (κ3) is 3.44. The molecule has 20 heavy (non-hydrogen) atoms. The minimum atomic E-state index is -3.67. The summed E-state index contributed by atoms with van der Waals surface area (Å²) in [5.41, 5.74) is 0.678. The molecule has 2 rings (SSSR count). The standard InChI is InChI=1S/C13H18ClNO4S/c1-9-6-10(14)7-12(13(9)18-2)20(16,17)15-8-11-4-3-5-19-11/h6-7,11,15H,3-5,8H2,1-2H3. The topological polar surface area (TPSA) is 64.6 Å². The molecule has 1 unspecified atom stereocenters. The van der Waals surface area contributed by atoms with Gasteiger partial charge in [0.15, 0.2) is 0 Å². The number of benzene rings is 1. The van der Waals surface area contributed by atoms with E-state index in [-0.39, 0.29) is 17.5 Å². The van der Waals surface area contributed by atoms with E-state index in [0.29, 0.717) is 22.9 Å². The Labute approximate surface area is 124 Å². The molecule has 1 aliphatic heterocycles. The van der Waals surface area contributed by atoms with Crippen LogP contribution in [0.15, 0.2) is 17.0 Å². The van der Waals surface area contributed by atoms with Gasteiger partial charge in [0.25, 0.3) is 0 Å². The Bertz CT molecular complexity index is 582. The second-order valence-electron chi connectivity index (χ2n) is 4.74. The number of hydrogen-bond donors (Lipinski definition) is 1. The van der Waals surface area contributed by atoms with Crippen molar-refractivity contribution in [3.8, 4) is 5.75 Å². The van der Waals surface area contributed by atoms with Gasteiger partial charge in [-0.05, 0) is 37.5 Å². The fourth-order valence-electron chi connectivity index (χ4n) is 2.25. The molecule has 1 N–H and O–H groups in total. The lowest BCUT2D eigenvalue weighted by Crippen LogP contribution is -2.32. The molecule has 1 saturated heterocycles. The average Bonchev–Trinajstić information content (AvgIpc) is 2.89. The number of rotatable bonds is 5. The summed E-state index contributed by atoms with van der Waals surface area (Å²) in [6.45, 7) is 2.70. The normalized spacial score (nSPS) is 19.2. The minimum Gasteiger partial charge on any atom is -0.495 e. The van der Waals surface area contributed by atoms with Gasteiger partial charge in [-0.3, -0.25) is 0 Å². The van der Waals surface area contributed by atoms with Crippen LogP contribution in [0.3, 0.4) is 0 Å². The van der Waals surface area contributed by atoms with Gasteiger partial charge in [-0.1, -0.05) is 11.6 Å². The summed E-state index contributed by atoms with van der Waals surface area (Å²) >= 11 is 5.94. The van der Waals surface area contributed by atoms with Crippen molar-refractivity contribution in [2.24, 2.45) is 0 Å². The number of methoxy groups -OCH3 is 1. The Morgan fingerprint density at radius 3 is 2.85 bits per heavy atom. The predicted octanol–water partition coefficient (Wildman–Crippen LogP) is 2.11. The van der Waals surface area contributed by atoms with E-state index in [1.165, 1.54) is 13.2 Å². The average molecular weight is 320 g/mol. The van der Waals surface area contributed by atoms with E-state index in [1.807, 2.05) is 0 Å². The van der Waals surface area contributed by atoms with E-state index in [9.17, 15) is 8.42 Å². The van der Waals surface area contributed by atoms with Crippen molar-refractivity contribution < 1.29 is 17.9 Å². The highest BCUT2D eigenvalue weighted by atomic mass is 35.5. The molecule has 0 amide bonds. The molecule has 1 atom stereocenters. The maximum Gasteiger partial charge on any atom is 0.244 e. The summed E-state index contributed by atoms with van der Waals surface area (Å²) in [7, 11) is -2.24. The molecule has 0 aromatic heterocycles. The van der Waals surface area contributed by atoms with Crippen LogP contribution in [-0.4, -0.2) is 34.8 Å². The molecule has 1 fully saturated rings. The number of sulfonamides is 1. The third-order valence-corrected chi connectivity index (χ3v) is 4.87. The molecule has 112 valence electrons. The zero-order valence-corrected chi connectivity index (χ0v) is 13.1. The van der Waals surface area contributed by atoms with Crippen LogP contribution in [0.4, 0.5) is 0 Å². The molecule has 1 aromatic carbocycles. The van der Waals surface area contributed by atoms with Crippen molar-refractivity contribution >= 4 is 21.6 Å². The molecule has 0 aliphatic carbocycles. The number of nitrogens with one attached hydrogen (secondary N) is 1. The molecule has 0 radical (unpaired) electrons. The molecular weight excluding hydrogens is 302 g/mol. The van der Waals surface area contributed by atoms with Crippen molar-refractivity contribution in [2.45, 2.75) is 30.8 Å². The number of hydrogen-bond acceptors (Lipinski definition) is 4. The van der Waals surface area contributed by atoms with Crippen LogP contribution in [0, 0.1) is 6.92 Å². The maximum atomic E-state index is 12.4. The molecule has 0 bridgehead atoms. The fraction of sp³-hybridized carbons (Fsp3) is 0.538.